The van der Waals surface area contributed by atoms with Crippen molar-refractivity contribution in [2.45, 2.75) is 51.2 Å². The van der Waals surface area contributed by atoms with Crippen molar-refractivity contribution >= 4 is 5.91 Å². The summed E-state index contributed by atoms with van der Waals surface area (Å²) in [6, 6.07) is 42.7. The van der Waals surface area contributed by atoms with E-state index >= 15 is 0 Å². The van der Waals surface area contributed by atoms with Crippen LogP contribution in [0.1, 0.15) is 62.6 Å². The van der Waals surface area contributed by atoms with Crippen molar-refractivity contribution in [1.82, 2.24) is 10.2 Å². The van der Waals surface area contributed by atoms with E-state index in [9.17, 15) is 31.9 Å². The van der Waals surface area contributed by atoms with Crippen LogP contribution in [0, 0.1) is 29.1 Å². The minimum Gasteiger partial charge on any atom is -0.392 e. The SMILES string of the molecule is O=C(NCc1ccccc1-c1ccc([C@H]2O[C@@H](CN(Cc3ccccc3)Cc3ccccc3)C[C@@H](c3ccc(CO)cc3)O2)cc1)c1c(F)c(F)c(F)c(F)c1F. The molecular formula is C46H39F5N2O4. The molecule has 11 heteroatoms. The van der Waals surface area contributed by atoms with Gasteiger partial charge in [0.15, 0.2) is 29.6 Å². The van der Waals surface area contributed by atoms with Crippen LogP contribution in [0.15, 0.2) is 133 Å². The lowest BCUT2D eigenvalue weighted by molar-refractivity contribution is -0.253. The van der Waals surface area contributed by atoms with Crippen LogP contribution in [0.3, 0.4) is 0 Å². The second kappa shape index (κ2) is 18.0. The molecule has 1 heterocycles. The molecule has 7 rings (SSSR count). The molecule has 3 atom stereocenters. The first-order valence-corrected chi connectivity index (χ1v) is 18.5. The average Bonchev–Trinajstić information content (AvgIpc) is 3.25. The van der Waals surface area contributed by atoms with Crippen molar-refractivity contribution in [1.29, 1.82) is 0 Å². The van der Waals surface area contributed by atoms with Crippen molar-refractivity contribution in [2.75, 3.05) is 6.54 Å². The van der Waals surface area contributed by atoms with E-state index in [1.54, 1.807) is 24.3 Å². The predicted molar refractivity (Wildman–Crippen MR) is 205 cm³/mol. The normalized spacial score (nSPS) is 16.8. The van der Waals surface area contributed by atoms with Crippen LogP contribution in [-0.4, -0.2) is 28.6 Å². The Morgan fingerprint density at radius 1 is 0.632 bits per heavy atom. The van der Waals surface area contributed by atoms with Crippen molar-refractivity contribution < 1.29 is 41.3 Å². The average molecular weight is 779 g/mol. The molecule has 0 radical (unpaired) electrons. The van der Waals surface area contributed by atoms with Crippen LogP contribution in [0.5, 0.6) is 0 Å². The van der Waals surface area contributed by atoms with Gasteiger partial charge in [0.05, 0.1) is 18.8 Å². The van der Waals surface area contributed by atoms with Gasteiger partial charge >= 0.3 is 0 Å². The molecule has 2 N–H and O–H groups in total. The number of nitrogens with one attached hydrogen (secondary N) is 1. The number of carbonyl (C=O) groups is 1. The topological polar surface area (TPSA) is 71.0 Å². The minimum atomic E-state index is -2.34. The standard InChI is InChI=1S/C46H39F5N2O4/c47-40-39(41(48)43(50)44(51)42(40)49)45(55)52-24-35-13-7-8-14-37(35)32-19-21-34(22-20-32)46-56-36(23-38(57-46)33-17-15-31(28-54)16-18-33)27-53(25-29-9-3-1-4-10-29)26-30-11-5-2-6-12-30/h1-22,36,38,46,54H,23-28H2,(H,52,55)/t36-,38+,46+/m1/s1. The summed E-state index contributed by atoms with van der Waals surface area (Å²) in [5, 5.41) is 11.9. The number of benzene rings is 6. The third kappa shape index (κ3) is 9.30. The number of hydrogen-bond acceptors (Lipinski definition) is 5. The molecule has 6 aromatic rings. The first-order valence-electron chi connectivity index (χ1n) is 18.5. The molecule has 0 aromatic heterocycles. The monoisotopic (exact) mass is 778 g/mol. The molecule has 6 nitrogen and oxygen atoms in total. The maximum Gasteiger partial charge on any atom is 0.257 e. The number of carbonyl (C=O) groups excluding carboxylic acids is 1. The zero-order chi connectivity index (χ0) is 39.9. The van der Waals surface area contributed by atoms with Gasteiger partial charge in [0.2, 0.25) is 5.82 Å². The van der Waals surface area contributed by atoms with E-state index in [-0.39, 0.29) is 25.4 Å². The quantitative estimate of drug-likeness (QED) is 0.0695. The van der Waals surface area contributed by atoms with E-state index in [0.717, 1.165) is 22.3 Å². The summed E-state index contributed by atoms with van der Waals surface area (Å²) in [5.74, 6) is -12.6. The van der Waals surface area contributed by atoms with E-state index in [2.05, 4.69) is 34.5 Å². The molecule has 0 bridgehead atoms. The number of aliphatic hydroxyl groups is 1. The second-order valence-electron chi connectivity index (χ2n) is 13.9. The van der Waals surface area contributed by atoms with Crippen LogP contribution in [0.2, 0.25) is 0 Å². The first-order chi connectivity index (χ1) is 27.7. The largest absolute Gasteiger partial charge is 0.392 e. The number of halogens is 5. The van der Waals surface area contributed by atoms with E-state index in [4.69, 9.17) is 9.47 Å². The van der Waals surface area contributed by atoms with E-state index < -0.39 is 46.8 Å². The van der Waals surface area contributed by atoms with Crippen LogP contribution in [0.25, 0.3) is 11.1 Å². The predicted octanol–water partition coefficient (Wildman–Crippen LogP) is 9.72. The molecule has 57 heavy (non-hydrogen) atoms. The fourth-order valence-corrected chi connectivity index (χ4v) is 7.03. The molecular weight excluding hydrogens is 740 g/mol. The maximum absolute atomic E-state index is 14.3. The van der Waals surface area contributed by atoms with Gasteiger partial charge in [-0.3, -0.25) is 9.69 Å². The number of rotatable bonds is 13. The third-order valence-electron chi connectivity index (χ3n) is 9.96. The summed E-state index contributed by atoms with van der Waals surface area (Å²) in [6.07, 6.45) is -0.664. The molecule has 1 aliphatic rings. The molecule has 1 fully saturated rings. The van der Waals surface area contributed by atoms with Gasteiger partial charge < -0.3 is 19.9 Å². The highest BCUT2D eigenvalue weighted by Gasteiger charge is 2.34. The Morgan fingerprint density at radius 2 is 1.18 bits per heavy atom. The second-order valence-corrected chi connectivity index (χ2v) is 13.9. The Labute approximate surface area is 327 Å². The fourth-order valence-electron chi connectivity index (χ4n) is 7.03. The maximum atomic E-state index is 14.3. The van der Waals surface area contributed by atoms with E-state index in [1.165, 1.54) is 11.1 Å². The van der Waals surface area contributed by atoms with Crippen molar-refractivity contribution in [3.8, 4) is 11.1 Å². The molecule has 292 valence electrons. The van der Waals surface area contributed by atoms with Crippen LogP contribution >= 0.6 is 0 Å². The van der Waals surface area contributed by atoms with Gasteiger partial charge in [-0.2, -0.15) is 0 Å². The summed E-state index contributed by atoms with van der Waals surface area (Å²) in [4.78, 5) is 15.1. The molecule has 1 aliphatic heterocycles. The molecule has 1 amide bonds. The lowest BCUT2D eigenvalue weighted by atomic mass is 9.97. The van der Waals surface area contributed by atoms with Gasteiger partial charge in [-0.05, 0) is 38.9 Å². The number of ether oxygens (including phenoxy) is 2. The third-order valence-corrected chi connectivity index (χ3v) is 9.96. The van der Waals surface area contributed by atoms with Gasteiger partial charge in [0.1, 0.15) is 5.56 Å². The number of nitrogens with zero attached hydrogens (tertiary/aromatic N) is 1. The number of hydrogen-bond donors (Lipinski definition) is 2. The van der Waals surface area contributed by atoms with E-state index in [1.807, 2.05) is 84.9 Å². The van der Waals surface area contributed by atoms with Gasteiger partial charge in [0.25, 0.3) is 5.91 Å². The molecule has 1 saturated heterocycles. The van der Waals surface area contributed by atoms with Crippen molar-refractivity contribution in [3.63, 3.8) is 0 Å². The minimum absolute atomic E-state index is 0.0682. The molecule has 0 unspecified atom stereocenters. The van der Waals surface area contributed by atoms with Gasteiger partial charge in [-0.15, -0.1) is 0 Å². The van der Waals surface area contributed by atoms with Crippen LogP contribution < -0.4 is 5.32 Å². The molecule has 0 saturated carbocycles. The van der Waals surface area contributed by atoms with E-state index in [0.29, 0.717) is 37.2 Å². The highest BCUT2D eigenvalue weighted by Crippen LogP contribution is 2.39. The Hall–Kier alpha value is -5.72. The number of aliphatic hydroxyl groups excluding tert-OH is 1. The van der Waals surface area contributed by atoms with Crippen LogP contribution in [-0.2, 0) is 35.7 Å². The summed E-state index contributed by atoms with van der Waals surface area (Å²) in [6.45, 7) is 1.73. The Morgan fingerprint density at radius 3 is 1.77 bits per heavy atom. The fraction of sp³-hybridized carbons (Fsp3) is 0.196. The Balaban J connectivity index is 1.12. The first kappa shape index (κ1) is 39.5. The summed E-state index contributed by atoms with van der Waals surface area (Å²) in [7, 11) is 0. The van der Waals surface area contributed by atoms with Crippen molar-refractivity contribution in [2.24, 2.45) is 0 Å². The lowest BCUT2D eigenvalue weighted by Gasteiger charge is -2.38. The van der Waals surface area contributed by atoms with Crippen molar-refractivity contribution in [3.05, 3.63) is 201 Å². The molecule has 6 aromatic carbocycles. The summed E-state index contributed by atoms with van der Waals surface area (Å²) in [5.41, 5.74) is 5.27. The van der Waals surface area contributed by atoms with Gasteiger partial charge in [-0.1, -0.05) is 133 Å². The summed E-state index contributed by atoms with van der Waals surface area (Å²) < 4.78 is 83.1. The number of amides is 1. The van der Waals surface area contributed by atoms with Gasteiger partial charge in [0, 0.05) is 38.2 Å². The lowest BCUT2D eigenvalue weighted by Crippen LogP contribution is -2.39. The van der Waals surface area contributed by atoms with Gasteiger partial charge in [-0.25, -0.2) is 22.0 Å². The molecule has 0 aliphatic carbocycles. The zero-order valence-corrected chi connectivity index (χ0v) is 30.7. The smallest absolute Gasteiger partial charge is 0.257 e. The summed E-state index contributed by atoms with van der Waals surface area (Å²) >= 11 is 0. The highest BCUT2D eigenvalue weighted by molar-refractivity contribution is 5.95. The van der Waals surface area contributed by atoms with Crippen LogP contribution in [0.4, 0.5) is 22.0 Å². The Kier molecular flexibility index (Phi) is 12.5. The Bertz CT molecular complexity index is 2220. The highest BCUT2D eigenvalue weighted by atomic mass is 19.2. The zero-order valence-electron chi connectivity index (χ0n) is 30.7. The molecule has 0 spiro atoms.